The lowest BCUT2D eigenvalue weighted by molar-refractivity contribution is -0.163. The van der Waals surface area contributed by atoms with Gasteiger partial charge in [-0.1, -0.05) is 47.5 Å². The van der Waals surface area contributed by atoms with Gasteiger partial charge in [0.2, 0.25) is 0 Å². The minimum absolute atomic E-state index is 0.0551. The lowest BCUT2D eigenvalue weighted by Crippen LogP contribution is -2.49. The summed E-state index contributed by atoms with van der Waals surface area (Å²) >= 11 is 1.57. The van der Waals surface area contributed by atoms with Crippen molar-refractivity contribution in [2.75, 3.05) is 0 Å². The van der Waals surface area contributed by atoms with Crippen molar-refractivity contribution >= 4 is 29.2 Å². The molecule has 2 fully saturated rings. The van der Waals surface area contributed by atoms with E-state index in [4.69, 9.17) is 9.47 Å². The molecule has 214 valence electrons. The van der Waals surface area contributed by atoms with Crippen LogP contribution in [0.3, 0.4) is 0 Å². The minimum atomic E-state index is -1.24. The van der Waals surface area contributed by atoms with Crippen LogP contribution in [0.1, 0.15) is 97.7 Å². The number of nitrogens with zero attached hydrogens (tertiary/aromatic N) is 1. The number of rotatable bonds is 4. The lowest BCUT2D eigenvalue weighted by Gasteiger charge is -2.37. The summed E-state index contributed by atoms with van der Waals surface area (Å²) in [5, 5.41) is 25.4. The topological polar surface area (TPSA) is 109 Å². The Morgan fingerprint density at radius 2 is 1.92 bits per heavy atom. The Bertz CT molecular complexity index is 1020. The Kier molecular flexibility index (Phi) is 9.99. The summed E-state index contributed by atoms with van der Waals surface area (Å²) < 4.78 is 12.3. The van der Waals surface area contributed by atoms with E-state index in [9.17, 15) is 19.8 Å². The molecular weight excluding hydrogens is 502 g/mol. The zero-order valence-corrected chi connectivity index (χ0v) is 25.1. The van der Waals surface area contributed by atoms with Gasteiger partial charge in [-0.2, -0.15) is 0 Å². The van der Waals surface area contributed by atoms with Crippen molar-refractivity contribution in [3.8, 4) is 0 Å². The van der Waals surface area contributed by atoms with Crippen LogP contribution in [0.2, 0.25) is 0 Å². The molecule has 0 aromatic carbocycles. The Morgan fingerprint density at radius 1 is 1.24 bits per heavy atom. The fourth-order valence-electron chi connectivity index (χ4n) is 5.87. The number of aliphatic hydroxyl groups is 2. The first kappa shape index (κ1) is 30.9. The summed E-state index contributed by atoms with van der Waals surface area (Å²) in [7, 11) is 0. The van der Waals surface area contributed by atoms with E-state index in [1.165, 1.54) is 0 Å². The number of fused-ring (bicyclic) bond motifs is 1. The highest BCUT2D eigenvalue weighted by molar-refractivity contribution is 7.09. The zero-order chi connectivity index (χ0) is 28.4. The van der Waals surface area contributed by atoms with Gasteiger partial charge in [0, 0.05) is 17.7 Å². The van der Waals surface area contributed by atoms with Crippen LogP contribution in [0.25, 0.3) is 6.08 Å². The second-order valence-electron chi connectivity index (χ2n) is 12.3. The van der Waals surface area contributed by atoms with E-state index in [2.05, 4.69) is 11.9 Å². The van der Waals surface area contributed by atoms with Crippen LogP contribution < -0.4 is 0 Å². The number of aryl methyl sites for hydroxylation is 1. The molecule has 2 aliphatic heterocycles. The van der Waals surface area contributed by atoms with Gasteiger partial charge < -0.3 is 19.7 Å². The van der Waals surface area contributed by atoms with Crippen LogP contribution in [-0.2, 0) is 19.1 Å². The number of aliphatic hydroxyl groups excluding tert-OH is 2. The third-order valence-corrected chi connectivity index (χ3v) is 9.53. The number of ether oxygens (including phenoxy) is 2. The molecule has 0 amide bonds. The third-order valence-electron chi connectivity index (χ3n) is 8.74. The number of Topliss-reactive ketones (excluding diaryl/α,β-unsaturated/α-hetero) is 1. The van der Waals surface area contributed by atoms with Crippen molar-refractivity contribution in [1.29, 1.82) is 0 Å². The van der Waals surface area contributed by atoms with Gasteiger partial charge in [-0.05, 0) is 57.6 Å². The van der Waals surface area contributed by atoms with Gasteiger partial charge in [0.25, 0.3) is 0 Å². The Hall–Kier alpha value is -1.61. The molecule has 0 aliphatic carbocycles. The molecule has 0 saturated carbocycles. The predicted molar refractivity (Wildman–Crippen MR) is 150 cm³/mol. The average Bonchev–Trinajstić information content (AvgIpc) is 3.30. The number of esters is 1. The summed E-state index contributed by atoms with van der Waals surface area (Å²) in [5.41, 5.74) is 0.154. The molecule has 2 aliphatic rings. The normalized spacial score (nSPS) is 37.4. The number of aromatic nitrogens is 1. The first-order valence-electron chi connectivity index (χ1n) is 14.1. The van der Waals surface area contributed by atoms with E-state index < -0.39 is 41.5 Å². The molecule has 8 atom stereocenters. The van der Waals surface area contributed by atoms with Gasteiger partial charge in [0.1, 0.15) is 11.9 Å². The molecule has 0 bridgehead atoms. The highest BCUT2D eigenvalue weighted by Crippen LogP contribution is 2.45. The van der Waals surface area contributed by atoms with Crippen LogP contribution in [0.4, 0.5) is 0 Å². The highest BCUT2D eigenvalue weighted by Gasteiger charge is 2.53. The Balaban J connectivity index is 1.96. The van der Waals surface area contributed by atoms with Crippen LogP contribution >= 0.6 is 11.3 Å². The fraction of sp³-hybridized carbons (Fsp3) is 0.767. The van der Waals surface area contributed by atoms with Crippen molar-refractivity contribution in [2.45, 2.75) is 124 Å². The van der Waals surface area contributed by atoms with Crippen LogP contribution in [0.15, 0.2) is 11.0 Å². The standard InChI is InChI=1S/C30H47NO6S/c1-9-11-22-27(34)29(6,7)26(33)19(4)25(32)17(2)12-10-13-30(8)24(37-30)15-23(36-28(22)35)18(3)14-21-16-38-20(5)31-21/h14,16-17,19,22-25,27,32,34H,9-13,15H2,1-8H3/t17-,19+,22?,23-,24-,25-,27-,30+/m0/s1. The van der Waals surface area contributed by atoms with Crippen LogP contribution in [0, 0.1) is 30.1 Å². The molecule has 0 radical (unpaired) electrons. The molecule has 1 unspecified atom stereocenters. The van der Waals surface area contributed by atoms with Crippen molar-refractivity contribution < 1.29 is 29.3 Å². The number of epoxide rings is 1. The number of ketones is 1. The number of cyclic esters (lactones) is 1. The lowest BCUT2D eigenvalue weighted by atomic mass is 9.70. The largest absolute Gasteiger partial charge is 0.457 e. The van der Waals surface area contributed by atoms with Gasteiger partial charge in [0.15, 0.2) is 0 Å². The molecule has 2 saturated heterocycles. The second kappa shape index (κ2) is 12.3. The van der Waals surface area contributed by atoms with E-state index in [1.807, 2.05) is 39.2 Å². The van der Waals surface area contributed by atoms with Gasteiger partial charge in [0.05, 0.1) is 45.9 Å². The van der Waals surface area contributed by atoms with Crippen molar-refractivity contribution in [3.63, 3.8) is 0 Å². The predicted octanol–water partition coefficient (Wildman–Crippen LogP) is 5.50. The van der Waals surface area contributed by atoms with E-state index in [-0.39, 0.29) is 23.4 Å². The van der Waals surface area contributed by atoms with Gasteiger partial charge in [-0.15, -0.1) is 11.3 Å². The minimum Gasteiger partial charge on any atom is -0.457 e. The molecule has 7 nitrogen and oxygen atoms in total. The molecule has 3 rings (SSSR count). The maximum atomic E-state index is 13.6. The summed E-state index contributed by atoms with van der Waals surface area (Å²) in [6.45, 7) is 15.0. The monoisotopic (exact) mass is 549 g/mol. The zero-order valence-electron chi connectivity index (χ0n) is 24.3. The molecule has 38 heavy (non-hydrogen) atoms. The van der Waals surface area contributed by atoms with Gasteiger partial charge in [-0.3, -0.25) is 9.59 Å². The van der Waals surface area contributed by atoms with Gasteiger partial charge in [-0.25, -0.2) is 4.98 Å². The number of thiazole rings is 1. The Morgan fingerprint density at radius 3 is 2.53 bits per heavy atom. The van der Waals surface area contributed by atoms with Crippen LogP contribution in [-0.4, -0.2) is 57.0 Å². The molecular formula is C30H47NO6S. The Labute approximate surface area is 232 Å². The maximum absolute atomic E-state index is 13.6. The maximum Gasteiger partial charge on any atom is 0.312 e. The fourth-order valence-corrected chi connectivity index (χ4v) is 6.44. The van der Waals surface area contributed by atoms with E-state index >= 15 is 0 Å². The molecule has 3 heterocycles. The van der Waals surface area contributed by atoms with Crippen molar-refractivity contribution in [1.82, 2.24) is 4.98 Å². The molecule has 1 aromatic heterocycles. The van der Waals surface area contributed by atoms with E-state index in [0.717, 1.165) is 35.5 Å². The SMILES string of the molecule is CCCC1C(=O)O[C@H](C(C)=Cc2csc(C)n2)C[C@@H]2O[C@]2(C)CCC[C@H](C)[C@H](O)[C@@H](C)C(=O)C(C)(C)[C@H]1O. The van der Waals surface area contributed by atoms with E-state index in [0.29, 0.717) is 19.3 Å². The molecule has 0 spiro atoms. The number of hydrogen-bond acceptors (Lipinski definition) is 8. The third kappa shape index (κ3) is 6.93. The molecule has 1 aromatic rings. The van der Waals surface area contributed by atoms with Crippen molar-refractivity contribution in [3.05, 3.63) is 21.7 Å². The molecule has 2 N–H and O–H groups in total. The first-order chi connectivity index (χ1) is 17.7. The first-order valence-corrected chi connectivity index (χ1v) is 15.0. The number of carbonyl (C=O) groups is 2. The average molecular weight is 550 g/mol. The second-order valence-corrected chi connectivity index (χ2v) is 13.4. The molecule has 8 heteroatoms. The summed E-state index contributed by atoms with van der Waals surface area (Å²) in [6.07, 6.45) is 3.30. The van der Waals surface area contributed by atoms with Crippen molar-refractivity contribution in [2.24, 2.45) is 23.2 Å². The van der Waals surface area contributed by atoms with Gasteiger partial charge >= 0.3 is 5.97 Å². The highest BCUT2D eigenvalue weighted by atomic mass is 32.1. The quantitative estimate of drug-likeness (QED) is 0.377. The number of carbonyl (C=O) groups excluding carboxylic acids is 2. The van der Waals surface area contributed by atoms with E-state index in [1.54, 1.807) is 32.1 Å². The van der Waals surface area contributed by atoms with Crippen LogP contribution in [0.5, 0.6) is 0 Å². The summed E-state index contributed by atoms with van der Waals surface area (Å²) in [4.78, 5) is 31.7. The summed E-state index contributed by atoms with van der Waals surface area (Å²) in [6, 6.07) is 0. The summed E-state index contributed by atoms with van der Waals surface area (Å²) in [5.74, 6) is -2.36. The number of hydrogen-bond donors (Lipinski definition) is 2. The smallest absolute Gasteiger partial charge is 0.312 e.